The molecule has 2 atom stereocenters. The monoisotopic (exact) mass is 247 g/mol. The van der Waals surface area contributed by atoms with E-state index in [-0.39, 0.29) is 0 Å². The van der Waals surface area contributed by atoms with Crippen molar-refractivity contribution in [2.75, 3.05) is 7.11 Å². The quantitative estimate of drug-likeness (QED) is 0.781. The van der Waals surface area contributed by atoms with Gasteiger partial charge in [0.25, 0.3) is 0 Å². The second-order valence-electron chi connectivity index (χ2n) is 3.84. The molecular weight excluding hydrogens is 230 g/mol. The van der Waals surface area contributed by atoms with Gasteiger partial charge in [-0.1, -0.05) is 30.3 Å². The van der Waals surface area contributed by atoms with Crippen LogP contribution in [-0.2, 0) is 4.74 Å². The molecule has 0 aliphatic heterocycles. The van der Waals surface area contributed by atoms with Crippen LogP contribution in [0.4, 0.5) is 4.79 Å². The Balaban J connectivity index is 2.75. The number of benzene rings is 1. The van der Waals surface area contributed by atoms with Gasteiger partial charge >= 0.3 is 6.09 Å². The maximum Gasteiger partial charge on any atom is 0.407 e. The molecule has 96 valence electrons. The number of aliphatic hydroxyl groups excluding tert-OH is 1. The summed E-state index contributed by atoms with van der Waals surface area (Å²) in [5.41, 5.74) is 0.732. The normalized spacial score (nSPS) is 13.2. The summed E-state index contributed by atoms with van der Waals surface area (Å²) in [6, 6.07) is 8.65. The SMILES string of the molecule is C#CCC[C@@H](NC(=O)OC)C(O)c1ccccc1. The summed E-state index contributed by atoms with van der Waals surface area (Å²) in [4.78, 5) is 11.2. The Bertz CT molecular complexity index is 411. The van der Waals surface area contributed by atoms with Crippen LogP contribution in [0.1, 0.15) is 24.5 Å². The van der Waals surface area contributed by atoms with Crippen LogP contribution in [0.2, 0.25) is 0 Å². The van der Waals surface area contributed by atoms with E-state index in [9.17, 15) is 9.90 Å². The number of carbonyl (C=O) groups is 1. The van der Waals surface area contributed by atoms with Crippen LogP contribution < -0.4 is 5.32 Å². The highest BCUT2D eigenvalue weighted by molar-refractivity contribution is 5.67. The van der Waals surface area contributed by atoms with Crippen molar-refractivity contribution in [3.05, 3.63) is 35.9 Å². The molecule has 0 radical (unpaired) electrons. The molecule has 4 heteroatoms. The molecule has 1 aromatic carbocycles. The zero-order valence-electron chi connectivity index (χ0n) is 10.3. The van der Waals surface area contributed by atoms with Gasteiger partial charge in [-0.2, -0.15) is 0 Å². The van der Waals surface area contributed by atoms with Crippen molar-refractivity contribution in [1.29, 1.82) is 0 Å². The van der Waals surface area contributed by atoms with Crippen molar-refractivity contribution in [3.63, 3.8) is 0 Å². The Kier molecular flexibility index (Phi) is 5.75. The predicted octanol–water partition coefficient (Wildman–Crippen LogP) is 1.86. The first-order valence-corrected chi connectivity index (χ1v) is 5.70. The fraction of sp³-hybridized carbons (Fsp3) is 0.357. The fourth-order valence-electron chi connectivity index (χ4n) is 1.64. The van der Waals surface area contributed by atoms with Gasteiger partial charge in [0, 0.05) is 6.42 Å². The maximum absolute atomic E-state index is 11.2. The molecule has 1 amide bonds. The molecule has 0 aliphatic rings. The third kappa shape index (κ3) is 4.11. The van der Waals surface area contributed by atoms with E-state index in [1.165, 1.54) is 7.11 Å². The van der Waals surface area contributed by atoms with Crippen molar-refractivity contribution in [1.82, 2.24) is 5.32 Å². The van der Waals surface area contributed by atoms with Gasteiger partial charge in [-0.05, 0) is 12.0 Å². The topological polar surface area (TPSA) is 58.6 Å². The van der Waals surface area contributed by atoms with Crippen molar-refractivity contribution < 1.29 is 14.6 Å². The van der Waals surface area contributed by atoms with Gasteiger partial charge in [-0.25, -0.2) is 4.79 Å². The molecule has 0 saturated heterocycles. The predicted molar refractivity (Wildman–Crippen MR) is 68.8 cm³/mol. The van der Waals surface area contributed by atoms with Crippen molar-refractivity contribution in [2.24, 2.45) is 0 Å². The summed E-state index contributed by atoms with van der Waals surface area (Å²) in [6.07, 6.45) is 4.78. The Morgan fingerprint density at radius 1 is 1.50 bits per heavy atom. The number of terminal acetylenes is 1. The molecule has 0 aromatic heterocycles. The lowest BCUT2D eigenvalue weighted by molar-refractivity contribution is 0.111. The molecule has 0 aliphatic carbocycles. The maximum atomic E-state index is 11.2. The van der Waals surface area contributed by atoms with Gasteiger partial charge < -0.3 is 15.2 Å². The highest BCUT2D eigenvalue weighted by Gasteiger charge is 2.22. The second kappa shape index (κ2) is 7.36. The third-order valence-corrected chi connectivity index (χ3v) is 2.61. The fourth-order valence-corrected chi connectivity index (χ4v) is 1.64. The summed E-state index contributed by atoms with van der Waals surface area (Å²) >= 11 is 0. The molecule has 1 rings (SSSR count). The minimum absolute atomic E-state index is 0.462. The highest BCUT2D eigenvalue weighted by Crippen LogP contribution is 2.19. The molecule has 4 nitrogen and oxygen atoms in total. The Morgan fingerprint density at radius 2 is 2.17 bits per heavy atom. The van der Waals surface area contributed by atoms with Crippen molar-refractivity contribution in [3.8, 4) is 12.3 Å². The second-order valence-corrected chi connectivity index (χ2v) is 3.84. The van der Waals surface area contributed by atoms with Gasteiger partial charge in [0.05, 0.1) is 19.3 Å². The zero-order chi connectivity index (χ0) is 13.4. The molecule has 0 heterocycles. The molecule has 2 N–H and O–H groups in total. The summed E-state index contributed by atoms with van der Waals surface area (Å²) in [5, 5.41) is 12.8. The summed E-state index contributed by atoms with van der Waals surface area (Å²) in [7, 11) is 1.28. The number of ether oxygens (including phenoxy) is 1. The van der Waals surface area contributed by atoms with Gasteiger partial charge in [0.1, 0.15) is 0 Å². The number of alkyl carbamates (subject to hydrolysis) is 1. The van der Waals surface area contributed by atoms with E-state index >= 15 is 0 Å². The number of aliphatic hydroxyl groups is 1. The van der Waals surface area contributed by atoms with Gasteiger partial charge in [-0.15, -0.1) is 12.3 Å². The number of methoxy groups -OCH3 is 1. The molecule has 0 bridgehead atoms. The Labute approximate surface area is 107 Å². The van der Waals surface area contributed by atoms with E-state index < -0.39 is 18.2 Å². The van der Waals surface area contributed by atoms with Gasteiger partial charge in [0.2, 0.25) is 0 Å². The average Bonchev–Trinajstić information content (AvgIpc) is 2.43. The van der Waals surface area contributed by atoms with Crippen LogP contribution in [0.15, 0.2) is 30.3 Å². The lowest BCUT2D eigenvalue weighted by atomic mass is 9.99. The minimum Gasteiger partial charge on any atom is -0.453 e. The number of rotatable bonds is 5. The van der Waals surface area contributed by atoms with E-state index in [1.54, 1.807) is 12.1 Å². The molecular formula is C14H17NO3. The summed E-state index contributed by atoms with van der Waals surface area (Å²) in [6.45, 7) is 0. The van der Waals surface area contributed by atoms with Crippen LogP contribution in [0.25, 0.3) is 0 Å². The minimum atomic E-state index is -0.807. The Hall–Kier alpha value is -1.99. The van der Waals surface area contributed by atoms with Crippen LogP contribution in [0, 0.1) is 12.3 Å². The first-order chi connectivity index (χ1) is 8.69. The first kappa shape index (κ1) is 14.1. The van der Waals surface area contributed by atoms with E-state index in [1.807, 2.05) is 18.2 Å². The average molecular weight is 247 g/mol. The van der Waals surface area contributed by atoms with E-state index in [0.717, 1.165) is 5.56 Å². The first-order valence-electron chi connectivity index (χ1n) is 5.70. The van der Waals surface area contributed by atoms with Gasteiger partial charge in [0.15, 0.2) is 0 Å². The van der Waals surface area contributed by atoms with Crippen molar-refractivity contribution in [2.45, 2.75) is 25.0 Å². The molecule has 1 unspecified atom stereocenters. The number of hydrogen-bond acceptors (Lipinski definition) is 3. The third-order valence-electron chi connectivity index (χ3n) is 2.61. The number of hydrogen-bond donors (Lipinski definition) is 2. The van der Waals surface area contributed by atoms with Crippen LogP contribution in [0.3, 0.4) is 0 Å². The smallest absolute Gasteiger partial charge is 0.407 e. The van der Waals surface area contributed by atoms with E-state index in [0.29, 0.717) is 12.8 Å². The summed E-state index contributed by atoms with van der Waals surface area (Å²) in [5.74, 6) is 2.49. The number of nitrogens with one attached hydrogen (secondary N) is 1. The van der Waals surface area contributed by atoms with E-state index in [2.05, 4.69) is 16.0 Å². The summed E-state index contributed by atoms with van der Waals surface area (Å²) < 4.78 is 4.53. The van der Waals surface area contributed by atoms with Crippen LogP contribution >= 0.6 is 0 Å². The molecule has 1 aromatic rings. The van der Waals surface area contributed by atoms with Gasteiger partial charge in [-0.3, -0.25) is 0 Å². The van der Waals surface area contributed by atoms with Crippen LogP contribution in [0.5, 0.6) is 0 Å². The van der Waals surface area contributed by atoms with Crippen LogP contribution in [-0.4, -0.2) is 24.4 Å². The van der Waals surface area contributed by atoms with E-state index in [4.69, 9.17) is 6.42 Å². The molecule has 0 fully saturated rings. The zero-order valence-corrected chi connectivity index (χ0v) is 10.3. The van der Waals surface area contributed by atoms with Crippen molar-refractivity contribution >= 4 is 6.09 Å². The lowest BCUT2D eigenvalue weighted by Gasteiger charge is -2.23. The highest BCUT2D eigenvalue weighted by atomic mass is 16.5. The standard InChI is InChI=1S/C14H17NO3/c1-3-4-10-12(15-14(17)18-2)13(16)11-8-6-5-7-9-11/h1,5-9,12-13,16H,4,10H2,2H3,(H,15,17)/t12-,13?/m1/s1. The largest absolute Gasteiger partial charge is 0.453 e. The molecule has 0 spiro atoms. The lowest BCUT2D eigenvalue weighted by Crippen LogP contribution is -2.39. The molecule has 0 saturated carbocycles. The molecule has 18 heavy (non-hydrogen) atoms. The Morgan fingerprint density at radius 3 is 2.72 bits per heavy atom. The number of amides is 1. The number of carbonyl (C=O) groups excluding carboxylic acids is 1.